The molecule has 0 bridgehead atoms. The van der Waals surface area contributed by atoms with Crippen molar-refractivity contribution in [1.82, 2.24) is 10.6 Å². The van der Waals surface area contributed by atoms with Crippen molar-refractivity contribution in [3.8, 4) is 0 Å². The molecule has 0 spiro atoms. The fourth-order valence-electron chi connectivity index (χ4n) is 2.01. The molecule has 0 aliphatic heterocycles. The standard InChI is InChI=1S/C14H20F3N3O/c1-4-19-13(21)9-20(3)12-6-5-10(8-18-2)7-11(12)14(15,16)17/h5-7,18H,4,8-9H2,1-3H3,(H,19,21). The zero-order valence-corrected chi connectivity index (χ0v) is 12.3. The smallest absolute Gasteiger partial charge is 0.365 e. The quantitative estimate of drug-likeness (QED) is 0.845. The molecule has 4 nitrogen and oxygen atoms in total. The molecule has 1 aromatic carbocycles. The van der Waals surface area contributed by atoms with Crippen LogP contribution in [0.4, 0.5) is 18.9 Å². The number of benzene rings is 1. The van der Waals surface area contributed by atoms with Gasteiger partial charge in [0.1, 0.15) is 0 Å². The Balaban J connectivity index is 3.07. The minimum absolute atomic E-state index is 0.00592. The van der Waals surface area contributed by atoms with E-state index in [1.165, 1.54) is 18.0 Å². The third kappa shape index (κ3) is 4.93. The summed E-state index contributed by atoms with van der Waals surface area (Å²) in [7, 11) is 3.14. The predicted molar refractivity (Wildman–Crippen MR) is 76.2 cm³/mol. The predicted octanol–water partition coefficient (Wildman–Crippen LogP) is 2.00. The Morgan fingerprint density at radius 2 is 2.00 bits per heavy atom. The van der Waals surface area contributed by atoms with E-state index in [0.717, 1.165) is 6.07 Å². The van der Waals surface area contributed by atoms with Crippen molar-refractivity contribution in [3.63, 3.8) is 0 Å². The average Bonchev–Trinajstić information content (AvgIpc) is 2.38. The molecule has 1 aromatic rings. The van der Waals surface area contributed by atoms with Crippen molar-refractivity contribution < 1.29 is 18.0 Å². The normalized spacial score (nSPS) is 11.3. The number of hydrogen-bond acceptors (Lipinski definition) is 3. The summed E-state index contributed by atoms with van der Waals surface area (Å²) in [5.41, 5.74) is -0.198. The Morgan fingerprint density at radius 3 is 2.52 bits per heavy atom. The molecule has 0 aliphatic rings. The molecular formula is C14H20F3N3O. The number of anilines is 1. The van der Waals surface area contributed by atoms with Crippen molar-refractivity contribution in [2.45, 2.75) is 19.6 Å². The fourth-order valence-corrected chi connectivity index (χ4v) is 2.01. The highest BCUT2D eigenvalue weighted by Gasteiger charge is 2.34. The van der Waals surface area contributed by atoms with Crippen LogP contribution in [0.25, 0.3) is 0 Å². The topological polar surface area (TPSA) is 44.4 Å². The van der Waals surface area contributed by atoms with Crippen LogP contribution in [0.1, 0.15) is 18.1 Å². The van der Waals surface area contributed by atoms with Crippen LogP contribution >= 0.6 is 0 Å². The number of nitrogens with zero attached hydrogens (tertiary/aromatic N) is 1. The highest BCUT2D eigenvalue weighted by atomic mass is 19.4. The summed E-state index contributed by atoms with van der Waals surface area (Å²) in [5, 5.41) is 5.38. The first kappa shape index (κ1) is 17.3. The molecule has 0 fully saturated rings. The molecule has 118 valence electrons. The Morgan fingerprint density at radius 1 is 1.33 bits per heavy atom. The maximum Gasteiger partial charge on any atom is 0.418 e. The number of likely N-dealkylation sites (N-methyl/N-ethyl adjacent to an activating group) is 2. The van der Waals surface area contributed by atoms with Crippen molar-refractivity contribution >= 4 is 11.6 Å². The minimum atomic E-state index is -4.46. The number of rotatable bonds is 6. The lowest BCUT2D eigenvalue weighted by molar-refractivity contribution is -0.137. The molecule has 0 atom stereocenters. The first-order valence-corrected chi connectivity index (χ1v) is 6.62. The number of alkyl halides is 3. The van der Waals surface area contributed by atoms with Gasteiger partial charge in [0.25, 0.3) is 0 Å². The third-order valence-corrected chi connectivity index (χ3v) is 2.91. The molecule has 0 saturated heterocycles. The molecule has 7 heteroatoms. The Labute approximate surface area is 122 Å². The van der Waals surface area contributed by atoms with E-state index in [9.17, 15) is 18.0 Å². The maximum absolute atomic E-state index is 13.2. The largest absolute Gasteiger partial charge is 0.418 e. The van der Waals surface area contributed by atoms with Gasteiger partial charge in [0.2, 0.25) is 5.91 Å². The van der Waals surface area contributed by atoms with E-state index in [0.29, 0.717) is 18.7 Å². The van der Waals surface area contributed by atoms with Gasteiger partial charge in [0.15, 0.2) is 0 Å². The summed E-state index contributed by atoms with van der Waals surface area (Å²) in [6.07, 6.45) is -4.46. The zero-order valence-electron chi connectivity index (χ0n) is 12.3. The maximum atomic E-state index is 13.2. The van der Waals surface area contributed by atoms with E-state index in [1.807, 2.05) is 0 Å². The second-order valence-corrected chi connectivity index (χ2v) is 4.69. The van der Waals surface area contributed by atoms with Crippen LogP contribution in [-0.2, 0) is 17.5 Å². The Bertz CT molecular complexity index is 489. The fraction of sp³-hybridized carbons (Fsp3) is 0.500. The molecule has 1 rings (SSSR count). The van der Waals surface area contributed by atoms with E-state index in [1.54, 1.807) is 20.0 Å². The van der Waals surface area contributed by atoms with E-state index < -0.39 is 11.7 Å². The molecule has 21 heavy (non-hydrogen) atoms. The second-order valence-electron chi connectivity index (χ2n) is 4.69. The lowest BCUT2D eigenvalue weighted by Gasteiger charge is -2.23. The van der Waals surface area contributed by atoms with E-state index in [-0.39, 0.29) is 18.1 Å². The summed E-state index contributed by atoms with van der Waals surface area (Å²) in [6.45, 7) is 2.43. The van der Waals surface area contributed by atoms with Crippen molar-refractivity contribution in [1.29, 1.82) is 0 Å². The first-order valence-electron chi connectivity index (χ1n) is 6.62. The number of carbonyl (C=O) groups is 1. The van der Waals surface area contributed by atoms with Crippen LogP contribution in [-0.4, -0.2) is 33.1 Å². The van der Waals surface area contributed by atoms with Gasteiger partial charge >= 0.3 is 6.18 Å². The molecule has 0 heterocycles. The van der Waals surface area contributed by atoms with Crippen LogP contribution < -0.4 is 15.5 Å². The van der Waals surface area contributed by atoms with Gasteiger partial charge in [-0.15, -0.1) is 0 Å². The monoisotopic (exact) mass is 303 g/mol. The van der Waals surface area contributed by atoms with Gasteiger partial charge in [-0.1, -0.05) is 6.07 Å². The number of halogens is 3. The van der Waals surface area contributed by atoms with Crippen LogP contribution in [0.3, 0.4) is 0 Å². The summed E-state index contributed by atoms with van der Waals surface area (Å²) in [5.74, 6) is -0.313. The minimum Gasteiger partial charge on any atom is -0.365 e. The highest BCUT2D eigenvalue weighted by molar-refractivity contribution is 5.81. The molecule has 0 radical (unpaired) electrons. The molecule has 0 unspecified atom stereocenters. The molecule has 2 N–H and O–H groups in total. The summed E-state index contributed by atoms with van der Waals surface area (Å²) in [6, 6.07) is 4.13. The average molecular weight is 303 g/mol. The summed E-state index contributed by atoms with van der Waals surface area (Å²) in [4.78, 5) is 12.8. The van der Waals surface area contributed by atoms with Crippen LogP contribution in [0.2, 0.25) is 0 Å². The van der Waals surface area contributed by atoms with Crippen LogP contribution in [0.5, 0.6) is 0 Å². The second kappa shape index (κ2) is 7.31. The lowest BCUT2D eigenvalue weighted by atomic mass is 10.1. The van der Waals surface area contributed by atoms with E-state index in [2.05, 4.69) is 10.6 Å². The van der Waals surface area contributed by atoms with Crippen molar-refractivity contribution in [2.24, 2.45) is 0 Å². The van der Waals surface area contributed by atoms with Crippen LogP contribution in [0, 0.1) is 0 Å². The van der Waals surface area contributed by atoms with Gasteiger partial charge in [-0.25, -0.2) is 0 Å². The number of hydrogen-bond donors (Lipinski definition) is 2. The zero-order chi connectivity index (χ0) is 16.0. The number of amides is 1. The summed E-state index contributed by atoms with van der Waals surface area (Å²) >= 11 is 0. The van der Waals surface area contributed by atoms with Gasteiger partial charge in [0.05, 0.1) is 12.1 Å². The number of nitrogens with one attached hydrogen (secondary N) is 2. The van der Waals surface area contributed by atoms with Crippen molar-refractivity contribution in [3.05, 3.63) is 29.3 Å². The third-order valence-electron chi connectivity index (χ3n) is 2.91. The SMILES string of the molecule is CCNC(=O)CN(C)c1ccc(CNC)cc1C(F)(F)F. The Hall–Kier alpha value is -1.76. The van der Waals surface area contributed by atoms with E-state index in [4.69, 9.17) is 0 Å². The van der Waals surface area contributed by atoms with Gasteiger partial charge in [0, 0.05) is 25.8 Å². The summed E-state index contributed by atoms with van der Waals surface area (Å²) < 4.78 is 39.5. The van der Waals surface area contributed by atoms with Gasteiger partial charge in [-0.05, 0) is 31.7 Å². The Kier molecular flexibility index (Phi) is 6.02. The highest BCUT2D eigenvalue weighted by Crippen LogP contribution is 2.36. The first-order chi connectivity index (χ1) is 9.79. The molecule has 0 aliphatic carbocycles. The van der Waals surface area contributed by atoms with Gasteiger partial charge < -0.3 is 15.5 Å². The molecular weight excluding hydrogens is 283 g/mol. The molecule has 0 saturated carbocycles. The van der Waals surface area contributed by atoms with Crippen molar-refractivity contribution in [2.75, 3.05) is 32.1 Å². The molecule has 1 amide bonds. The lowest BCUT2D eigenvalue weighted by Crippen LogP contribution is -2.35. The van der Waals surface area contributed by atoms with Gasteiger partial charge in [-0.2, -0.15) is 13.2 Å². The van der Waals surface area contributed by atoms with Gasteiger partial charge in [-0.3, -0.25) is 4.79 Å². The molecule has 0 aromatic heterocycles. The van der Waals surface area contributed by atoms with Crippen LogP contribution in [0.15, 0.2) is 18.2 Å². The number of carbonyl (C=O) groups excluding carboxylic acids is 1. The van der Waals surface area contributed by atoms with E-state index >= 15 is 0 Å².